The Bertz CT molecular complexity index is 396. The van der Waals surface area contributed by atoms with E-state index in [1.807, 2.05) is 0 Å². The zero-order valence-electron chi connectivity index (χ0n) is 7.33. The first-order valence-electron chi connectivity index (χ1n) is 3.99. The summed E-state index contributed by atoms with van der Waals surface area (Å²) in [5.74, 6) is -0.203. The Balaban J connectivity index is 2.81. The van der Waals surface area contributed by atoms with Gasteiger partial charge in [0.15, 0.2) is 5.78 Å². The van der Waals surface area contributed by atoms with Crippen LogP contribution in [0.2, 0.25) is 5.02 Å². The molecule has 14 heavy (non-hydrogen) atoms. The van der Waals surface area contributed by atoms with Gasteiger partial charge in [-0.15, -0.1) is 0 Å². The van der Waals surface area contributed by atoms with Crippen molar-refractivity contribution in [2.45, 2.75) is 12.8 Å². The van der Waals surface area contributed by atoms with E-state index in [-0.39, 0.29) is 24.4 Å². The van der Waals surface area contributed by atoms with Crippen LogP contribution in [0.5, 0.6) is 5.75 Å². The topological polar surface area (TPSA) is 61.1 Å². The smallest absolute Gasteiger partial charge is 0.151 e. The van der Waals surface area contributed by atoms with Gasteiger partial charge in [0.2, 0.25) is 0 Å². The summed E-state index contributed by atoms with van der Waals surface area (Å²) in [6, 6.07) is 6.24. The number of phenols is 1. The van der Waals surface area contributed by atoms with Crippen molar-refractivity contribution in [3.05, 3.63) is 28.8 Å². The van der Waals surface area contributed by atoms with E-state index in [2.05, 4.69) is 0 Å². The van der Waals surface area contributed by atoms with Crippen LogP contribution in [0, 0.1) is 11.3 Å². The summed E-state index contributed by atoms with van der Waals surface area (Å²) in [6.45, 7) is 0. The Morgan fingerprint density at radius 3 is 2.93 bits per heavy atom. The lowest BCUT2D eigenvalue weighted by molar-refractivity contribution is -0.117. The Kier molecular flexibility index (Phi) is 3.49. The van der Waals surface area contributed by atoms with Crippen molar-refractivity contribution in [2.75, 3.05) is 0 Å². The van der Waals surface area contributed by atoms with E-state index < -0.39 is 0 Å². The Labute approximate surface area is 86.5 Å². The van der Waals surface area contributed by atoms with Crippen LogP contribution >= 0.6 is 11.6 Å². The van der Waals surface area contributed by atoms with Crippen molar-refractivity contribution in [3.8, 4) is 11.8 Å². The number of halogens is 1. The van der Waals surface area contributed by atoms with Gasteiger partial charge in [-0.3, -0.25) is 4.79 Å². The van der Waals surface area contributed by atoms with Gasteiger partial charge in [0.05, 0.1) is 12.5 Å². The van der Waals surface area contributed by atoms with Gasteiger partial charge in [0.25, 0.3) is 0 Å². The quantitative estimate of drug-likeness (QED) is 0.829. The average Bonchev–Trinajstić information content (AvgIpc) is 2.12. The molecule has 0 fully saturated rings. The molecule has 0 unspecified atom stereocenters. The van der Waals surface area contributed by atoms with Gasteiger partial charge in [0, 0.05) is 17.0 Å². The first kappa shape index (κ1) is 10.6. The zero-order chi connectivity index (χ0) is 10.6. The Hall–Kier alpha value is -1.53. The van der Waals surface area contributed by atoms with Crippen LogP contribution in [0.3, 0.4) is 0 Å². The number of aromatic hydroxyl groups is 1. The molecule has 0 atom stereocenters. The van der Waals surface area contributed by atoms with Gasteiger partial charge in [-0.25, -0.2) is 0 Å². The summed E-state index contributed by atoms with van der Waals surface area (Å²) in [6.07, 6.45) is -0.105. The van der Waals surface area contributed by atoms with Gasteiger partial charge >= 0.3 is 0 Å². The van der Waals surface area contributed by atoms with Gasteiger partial charge < -0.3 is 5.11 Å². The highest BCUT2D eigenvalue weighted by Crippen LogP contribution is 2.22. The van der Waals surface area contributed by atoms with E-state index in [9.17, 15) is 9.90 Å². The molecule has 4 heteroatoms. The van der Waals surface area contributed by atoms with E-state index in [1.54, 1.807) is 6.07 Å². The molecular formula is C10H8ClNO2. The third-order valence-electron chi connectivity index (χ3n) is 1.71. The summed E-state index contributed by atoms with van der Waals surface area (Å²) >= 11 is 5.69. The van der Waals surface area contributed by atoms with E-state index in [0.29, 0.717) is 10.6 Å². The highest BCUT2D eigenvalue weighted by Gasteiger charge is 2.07. The molecule has 0 bridgehead atoms. The predicted molar refractivity (Wildman–Crippen MR) is 52.1 cm³/mol. The van der Waals surface area contributed by atoms with Crippen LogP contribution in [-0.4, -0.2) is 10.9 Å². The molecule has 1 aromatic carbocycles. The second-order valence-electron chi connectivity index (χ2n) is 2.82. The highest BCUT2D eigenvalue weighted by atomic mass is 35.5. The van der Waals surface area contributed by atoms with Crippen molar-refractivity contribution < 1.29 is 9.90 Å². The molecular weight excluding hydrogens is 202 g/mol. The van der Waals surface area contributed by atoms with Crippen molar-refractivity contribution in [3.63, 3.8) is 0 Å². The number of phenolic OH excluding ortho intramolecular Hbond substituents is 1. The lowest BCUT2D eigenvalue weighted by atomic mass is 10.1. The third-order valence-corrected chi connectivity index (χ3v) is 1.94. The number of hydrogen-bond acceptors (Lipinski definition) is 3. The van der Waals surface area contributed by atoms with Crippen molar-refractivity contribution >= 4 is 17.4 Å². The highest BCUT2D eigenvalue weighted by molar-refractivity contribution is 6.30. The lowest BCUT2D eigenvalue weighted by Gasteiger charge is -2.02. The van der Waals surface area contributed by atoms with Crippen molar-refractivity contribution in [1.29, 1.82) is 5.26 Å². The van der Waals surface area contributed by atoms with Gasteiger partial charge in [-0.05, 0) is 18.2 Å². The van der Waals surface area contributed by atoms with E-state index in [4.69, 9.17) is 16.9 Å². The monoisotopic (exact) mass is 209 g/mol. The summed E-state index contributed by atoms with van der Waals surface area (Å²) in [7, 11) is 0. The minimum Gasteiger partial charge on any atom is -0.508 e. The average molecular weight is 210 g/mol. The number of benzene rings is 1. The van der Waals surface area contributed by atoms with Crippen LogP contribution in [-0.2, 0) is 11.2 Å². The number of carbonyl (C=O) groups is 1. The maximum Gasteiger partial charge on any atom is 0.151 e. The minimum atomic E-state index is -0.231. The van der Waals surface area contributed by atoms with Crippen molar-refractivity contribution in [1.82, 2.24) is 0 Å². The fourth-order valence-electron chi connectivity index (χ4n) is 1.06. The molecule has 0 saturated heterocycles. The molecule has 72 valence electrons. The molecule has 1 N–H and O–H groups in total. The van der Waals surface area contributed by atoms with Crippen molar-refractivity contribution in [2.24, 2.45) is 0 Å². The number of Topliss-reactive ketones (excluding diaryl/α,β-unsaturated/α-hetero) is 1. The first-order valence-corrected chi connectivity index (χ1v) is 4.37. The van der Waals surface area contributed by atoms with Crippen LogP contribution < -0.4 is 0 Å². The number of ketones is 1. The summed E-state index contributed by atoms with van der Waals surface area (Å²) in [5.41, 5.74) is 0.456. The van der Waals surface area contributed by atoms with E-state index in [1.165, 1.54) is 18.2 Å². The number of nitriles is 1. The standard InChI is InChI=1S/C10H8ClNO2/c11-8-1-2-10(14)7(5-8)6-9(13)3-4-12/h1-2,5,14H,3,6H2. The van der Waals surface area contributed by atoms with Crippen LogP contribution in [0.15, 0.2) is 18.2 Å². The van der Waals surface area contributed by atoms with Gasteiger partial charge in [0.1, 0.15) is 5.75 Å². The lowest BCUT2D eigenvalue weighted by Crippen LogP contribution is -2.01. The molecule has 1 aromatic rings. The molecule has 3 nitrogen and oxygen atoms in total. The molecule has 0 aromatic heterocycles. The molecule has 0 amide bonds. The summed E-state index contributed by atoms with van der Waals surface area (Å²) in [5, 5.41) is 18.1. The van der Waals surface area contributed by atoms with E-state index >= 15 is 0 Å². The largest absolute Gasteiger partial charge is 0.508 e. The second kappa shape index (κ2) is 4.64. The Morgan fingerprint density at radius 2 is 2.29 bits per heavy atom. The molecule has 0 heterocycles. The van der Waals surface area contributed by atoms with Crippen LogP contribution in [0.1, 0.15) is 12.0 Å². The fourth-order valence-corrected chi connectivity index (χ4v) is 1.25. The zero-order valence-corrected chi connectivity index (χ0v) is 8.08. The minimum absolute atomic E-state index is 0.0284. The molecule has 0 radical (unpaired) electrons. The number of nitrogens with zero attached hydrogens (tertiary/aromatic N) is 1. The first-order chi connectivity index (χ1) is 6.63. The molecule has 0 aliphatic carbocycles. The predicted octanol–water partition coefficient (Wildman–Crippen LogP) is 2.07. The molecule has 1 rings (SSSR count). The number of carbonyl (C=O) groups excluding carboxylic acids is 1. The number of hydrogen-bond donors (Lipinski definition) is 1. The molecule has 0 aliphatic rings. The molecule has 0 saturated carbocycles. The fraction of sp³-hybridized carbons (Fsp3) is 0.200. The third kappa shape index (κ3) is 2.75. The molecule has 0 spiro atoms. The summed E-state index contributed by atoms with van der Waals surface area (Å²) < 4.78 is 0. The molecule has 0 aliphatic heterocycles. The normalized spacial score (nSPS) is 9.43. The SMILES string of the molecule is N#CCC(=O)Cc1cc(Cl)ccc1O. The van der Waals surface area contributed by atoms with Gasteiger partial charge in [-0.2, -0.15) is 5.26 Å². The maximum atomic E-state index is 11.1. The van der Waals surface area contributed by atoms with Gasteiger partial charge in [-0.1, -0.05) is 11.6 Å². The maximum absolute atomic E-state index is 11.1. The summed E-state index contributed by atoms with van der Waals surface area (Å²) in [4.78, 5) is 11.1. The number of rotatable bonds is 3. The van der Waals surface area contributed by atoms with Crippen LogP contribution in [0.25, 0.3) is 0 Å². The van der Waals surface area contributed by atoms with E-state index in [0.717, 1.165) is 0 Å². The Morgan fingerprint density at radius 1 is 1.57 bits per heavy atom. The van der Waals surface area contributed by atoms with Crippen LogP contribution in [0.4, 0.5) is 0 Å². The second-order valence-corrected chi connectivity index (χ2v) is 3.26.